The highest BCUT2D eigenvalue weighted by atomic mass is 35.5. The van der Waals surface area contributed by atoms with Gasteiger partial charge in [-0.25, -0.2) is 4.79 Å². The highest BCUT2D eigenvalue weighted by Crippen LogP contribution is 2.70. The third kappa shape index (κ3) is 5.31. The van der Waals surface area contributed by atoms with E-state index in [1.54, 1.807) is 6.08 Å². The molecule has 2 atom stereocenters. The van der Waals surface area contributed by atoms with Gasteiger partial charge in [-0.1, -0.05) is 45.4 Å². The number of carbonyl (C=O) groups is 1. The average Bonchev–Trinajstić information content (AvgIpc) is 2.75. The van der Waals surface area contributed by atoms with Crippen molar-refractivity contribution in [3.63, 3.8) is 0 Å². The van der Waals surface area contributed by atoms with Crippen LogP contribution in [-0.2, 0) is 9.53 Å². The van der Waals surface area contributed by atoms with Gasteiger partial charge in [-0.2, -0.15) is 0 Å². The molecule has 0 heterocycles. The molecule has 0 aromatic heterocycles. The maximum Gasteiger partial charge on any atom is 0.330 e. The number of halogens is 2. The summed E-state index contributed by atoms with van der Waals surface area (Å²) in [6.07, 6.45) is 10.2. The van der Waals surface area contributed by atoms with Gasteiger partial charge >= 0.3 is 5.97 Å². The van der Waals surface area contributed by atoms with Gasteiger partial charge in [0.25, 0.3) is 0 Å². The van der Waals surface area contributed by atoms with Gasteiger partial charge in [0, 0.05) is 17.4 Å². The number of ether oxygens (including phenoxy) is 1. The minimum atomic E-state index is -0.553. The van der Waals surface area contributed by atoms with E-state index in [2.05, 4.69) is 26.8 Å². The molecule has 0 aromatic rings. The lowest BCUT2D eigenvalue weighted by Gasteiger charge is -2.08. The summed E-state index contributed by atoms with van der Waals surface area (Å²) in [7, 11) is 0. The molecule has 0 bridgehead atoms. The summed E-state index contributed by atoms with van der Waals surface area (Å²) in [6, 6.07) is 0. The number of allylic oxidation sites excluding steroid dienone is 3. The fraction of sp³-hybridized carbons (Fsp3) is 0.722. The molecule has 2 nitrogen and oxygen atoms in total. The molecule has 2 unspecified atom stereocenters. The quantitative estimate of drug-likeness (QED) is 0.244. The molecular formula is C18H28Cl2O2. The molecule has 1 rings (SSSR count). The Balaban J connectivity index is 2.21. The first kappa shape index (κ1) is 19.6. The number of alkyl halides is 2. The SMILES string of the molecule is CC(CC=CC=CC(=O)OC(C)C)CCC1C(C)(C)C1(Cl)Cl. The summed E-state index contributed by atoms with van der Waals surface area (Å²) in [5.74, 6) is 0.664. The van der Waals surface area contributed by atoms with E-state index < -0.39 is 4.33 Å². The lowest BCUT2D eigenvalue weighted by Crippen LogP contribution is -2.08. The van der Waals surface area contributed by atoms with E-state index in [0.29, 0.717) is 11.8 Å². The molecule has 0 saturated heterocycles. The molecule has 1 aliphatic carbocycles. The smallest absolute Gasteiger partial charge is 0.330 e. The van der Waals surface area contributed by atoms with Crippen LogP contribution in [-0.4, -0.2) is 16.4 Å². The predicted molar refractivity (Wildman–Crippen MR) is 94.2 cm³/mol. The van der Waals surface area contributed by atoms with E-state index in [9.17, 15) is 4.79 Å². The van der Waals surface area contributed by atoms with Crippen LogP contribution in [0.5, 0.6) is 0 Å². The van der Waals surface area contributed by atoms with Crippen molar-refractivity contribution in [1.82, 2.24) is 0 Å². The zero-order chi connectivity index (χ0) is 17.0. The Kier molecular flexibility index (Phi) is 7.01. The van der Waals surface area contributed by atoms with E-state index in [1.807, 2.05) is 19.9 Å². The van der Waals surface area contributed by atoms with Crippen LogP contribution in [0.3, 0.4) is 0 Å². The Hall–Kier alpha value is -0.470. The Morgan fingerprint density at radius 3 is 2.32 bits per heavy atom. The van der Waals surface area contributed by atoms with E-state index in [-0.39, 0.29) is 17.5 Å². The molecule has 0 aromatic carbocycles. The van der Waals surface area contributed by atoms with Crippen molar-refractivity contribution in [2.24, 2.45) is 17.3 Å². The van der Waals surface area contributed by atoms with Gasteiger partial charge in [-0.3, -0.25) is 0 Å². The maximum absolute atomic E-state index is 11.3. The molecular weight excluding hydrogens is 319 g/mol. The van der Waals surface area contributed by atoms with Crippen molar-refractivity contribution in [1.29, 1.82) is 0 Å². The highest BCUT2D eigenvalue weighted by molar-refractivity contribution is 6.51. The third-order valence-electron chi connectivity index (χ3n) is 4.40. The minimum absolute atomic E-state index is 0.0329. The van der Waals surface area contributed by atoms with Crippen LogP contribution >= 0.6 is 23.2 Å². The molecule has 0 amide bonds. The zero-order valence-corrected chi connectivity index (χ0v) is 15.7. The van der Waals surface area contributed by atoms with Crippen molar-refractivity contribution in [3.05, 3.63) is 24.3 Å². The first-order valence-electron chi connectivity index (χ1n) is 8.00. The van der Waals surface area contributed by atoms with Crippen LogP contribution in [0.2, 0.25) is 0 Å². The molecule has 1 aliphatic rings. The van der Waals surface area contributed by atoms with Crippen molar-refractivity contribution < 1.29 is 9.53 Å². The van der Waals surface area contributed by atoms with Crippen LogP contribution in [0.4, 0.5) is 0 Å². The second-order valence-electron chi connectivity index (χ2n) is 7.09. The first-order valence-corrected chi connectivity index (χ1v) is 8.76. The van der Waals surface area contributed by atoms with Crippen molar-refractivity contribution in [3.8, 4) is 0 Å². The summed E-state index contributed by atoms with van der Waals surface area (Å²) < 4.78 is 4.45. The average molecular weight is 347 g/mol. The summed E-state index contributed by atoms with van der Waals surface area (Å²) in [6.45, 7) is 10.1. The molecule has 0 spiro atoms. The maximum atomic E-state index is 11.3. The first-order chi connectivity index (χ1) is 10.1. The van der Waals surface area contributed by atoms with Gasteiger partial charge in [-0.05, 0) is 32.6 Å². The predicted octanol–water partition coefficient (Wildman–Crippen LogP) is 5.69. The van der Waals surface area contributed by atoms with E-state index in [1.165, 1.54) is 6.08 Å². The minimum Gasteiger partial charge on any atom is -0.460 e. The normalized spacial score (nSPS) is 24.1. The van der Waals surface area contributed by atoms with Crippen LogP contribution < -0.4 is 0 Å². The zero-order valence-electron chi connectivity index (χ0n) is 14.2. The van der Waals surface area contributed by atoms with Gasteiger partial charge in [0.05, 0.1) is 6.10 Å². The molecule has 0 radical (unpaired) electrons. The topological polar surface area (TPSA) is 26.3 Å². The van der Waals surface area contributed by atoms with Crippen molar-refractivity contribution >= 4 is 29.2 Å². The van der Waals surface area contributed by atoms with Gasteiger partial charge in [-0.15, -0.1) is 23.2 Å². The van der Waals surface area contributed by atoms with Gasteiger partial charge in [0.2, 0.25) is 0 Å². The summed E-state index contributed by atoms with van der Waals surface area (Å²) >= 11 is 12.6. The van der Waals surface area contributed by atoms with E-state index in [0.717, 1.165) is 19.3 Å². The lowest BCUT2D eigenvalue weighted by atomic mass is 9.97. The largest absolute Gasteiger partial charge is 0.460 e. The summed E-state index contributed by atoms with van der Waals surface area (Å²) in [5.41, 5.74) is 0.0329. The fourth-order valence-electron chi connectivity index (χ4n) is 2.66. The molecule has 1 saturated carbocycles. The van der Waals surface area contributed by atoms with Crippen LogP contribution in [0, 0.1) is 17.3 Å². The Labute approximate surface area is 144 Å². The lowest BCUT2D eigenvalue weighted by molar-refractivity contribution is -0.141. The van der Waals surface area contributed by atoms with Crippen molar-refractivity contribution in [2.75, 3.05) is 0 Å². The number of hydrogen-bond donors (Lipinski definition) is 0. The van der Waals surface area contributed by atoms with Crippen molar-refractivity contribution in [2.45, 2.75) is 64.3 Å². The second kappa shape index (κ2) is 7.88. The molecule has 126 valence electrons. The van der Waals surface area contributed by atoms with Crippen LogP contribution in [0.25, 0.3) is 0 Å². The second-order valence-corrected chi connectivity index (χ2v) is 8.47. The Morgan fingerprint density at radius 2 is 1.82 bits per heavy atom. The van der Waals surface area contributed by atoms with Gasteiger partial charge in [0.15, 0.2) is 0 Å². The Morgan fingerprint density at radius 1 is 1.23 bits per heavy atom. The highest BCUT2D eigenvalue weighted by Gasteiger charge is 2.69. The summed E-state index contributed by atoms with van der Waals surface area (Å²) in [4.78, 5) is 11.3. The monoisotopic (exact) mass is 346 g/mol. The summed E-state index contributed by atoms with van der Waals surface area (Å²) in [5, 5.41) is 0. The molecule has 22 heavy (non-hydrogen) atoms. The standard InChI is InChI=1S/C18H28Cl2O2/c1-13(2)22-16(21)10-8-6-7-9-14(3)11-12-15-17(4,5)18(15,19)20/h6-8,10,13-15H,9,11-12H2,1-5H3. The van der Waals surface area contributed by atoms with Crippen LogP contribution in [0.15, 0.2) is 24.3 Å². The molecule has 0 N–H and O–H groups in total. The van der Waals surface area contributed by atoms with Gasteiger partial charge in [0.1, 0.15) is 4.33 Å². The number of rotatable bonds is 8. The third-order valence-corrected chi connectivity index (χ3v) is 5.90. The van der Waals surface area contributed by atoms with E-state index in [4.69, 9.17) is 27.9 Å². The van der Waals surface area contributed by atoms with Gasteiger partial charge < -0.3 is 4.74 Å². The molecule has 0 aliphatic heterocycles. The fourth-order valence-corrected chi connectivity index (χ4v) is 3.58. The van der Waals surface area contributed by atoms with E-state index >= 15 is 0 Å². The number of carbonyl (C=O) groups excluding carboxylic acids is 1. The van der Waals surface area contributed by atoms with Crippen LogP contribution in [0.1, 0.15) is 53.9 Å². The molecule has 4 heteroatoms. The number of hydrogen-bond acceptors (Lipinski definition) is 2. The Bertz CT molecular complexity index is 422. The number of esters is 1. The molecule has 1 fully saturated rings.